The molecule has 0 heteroatoms. The zero-order chi connectivity index (χ0) is 6.53. The van der Waals surface area contributed by atoms with Gasteiger partial charge in [-0.2, -0.15) is 0 Å². The molecule has 0 aromatic rings. The summed E-state index contributed by atoms with van der Waals surface area (Å²) in [5, 5.41) is 0. The van der Waals surface area contributed by atoms with E-state index >= 15 is 0 Å². The summed E-state index contributed by atoms with van der Waals surface area (Å²) in [6.45, 7) is 2.27. The average Bonchev–Trinajstić information content (AvgIpc) is 1.91. The summed E-state index contributed by atoms with van der Waals surface area (Å²) in [6.07, 6.45) is 12.1. The van der Waals surface area contributed by atoms with Crippen LogP contribution in [-0.4, -0.2) is 0 Å². The molecule has 0 saturated heterocycles. The first-order valence-electron chi connectivity index (χ1n) is 3.98. The molecule has 1 aliphatic rings. The Morgan fingerprint density at radius 3 is 3.11 bits per heavy atom. The first kappa shape index (κ1) is 6.85. The number of rotatable bonds is 2. The van der Waals surface area contributed by atoms with E-state index in [0.717, 1.165) is 5.92 Å². The van der Waals surface area contributed by atoms with Gasteiger partial charge in [0, 0.05) is 0 Å². The molecule has 0 aromatic carbocycles. The Balaban J connectivity index is 2.18. The van der Waals surface area contributed by atoms with Crippen LogP contribution in [0.3, 0.4) is 0 Å². The van der Waals surface area contributed by atoms with Gasteiger partial charge in [0.05, 0.1) is 0 Å². The minimum atomic E-state index is 0.983. The molecule has 0 spiro atoms. The molecule has 1 aliphatic carbocycles. The van der Waals surface area contributed by atoms with Crippen molar-refractivity contribution in [3.63, 3.8) is 0 Å². The number of hydrogen-bond donors (Lipinski definition) is 0. The standard InChI is InChI=1S/C9H15/c1-2-6-9-7-4-3-5-8-9/h4,9H,2,5-8H2,1H3. The van der Waals surface area contributed by atoms with Gasteiger partial charge in [0.1, 0.15) is 0 Å². The SMILES string of the molecule is CCCC1CC=[C]CC1. The monoisotopic (exact) mass is 123 g/mol. The maximum absolute atomic E-state index is 3.25. The van der Waals surface area contributed by atoms with Crippen molar-refractivity contribution in [1.82, 2.24) is 0 Å². The van der Waals surface area contributed by atoms with Crippen molar-refractivity contribution < 1.29 is 0 Å². The van der Waals surface area contributed by atoms with Crippen molar-refractivity contribution in [2.75, 3.05) is 0 Å². The molecule has 1 radical (unpaired) electrons. The molecule has 0 N–H and O–H groups in total. The minimum absolute atomic E-state index is 0.983. The molecule has 51 valence electrons. The fourth-order valence-corrected chi connectivity index (χ4v) is 1.43. The lowest BCUT2D eigenvalue weighted by Gasteiger charge is -2.15. The maximum Gasteiger partial charge on any atom is -0.0277 e. The highest BCUT2D eigenvalue weighted by atomic mass is 14.1. The fraction of sp³-hybridized carbons (Fsp3) is 0.778. The second kappa shape index (κ2) is 3.71. The Morgan fingerprint density at radius 1 is 1.67 bits per heavy atom. The van der Waals surface area contributed by atoms with E-state index in [0.29, 0.717) is 0 Å². The Kier molecular flexibility index (Phi) is 2.82. The van der Waals surface area contributed by atoms with E-state index in [1.807, 2.05) is 0 Å². The van der Waals surface area contributed by atoms with Crippen molar-refractivity contribution >= 4 is 0 Å². The van der Waals surface area contributed by atoms with Crippen LogP contribution in [0.25, 0.3) is 0 Å². The van der Waals surface area contributed by atoms with Crippen LogP contribution in [0.15, 0.2) is 6.08 Å². The van der Waals surface area contributed by atoms with Crippen LogP contribution in [0.2, 0.25) is 0 Å². The third kappa shape index (κ3) is 2.21. The Bertz CT molecular complexity index is 92.2. The van der Waals surface area contributed by atoms with E-state index in [-0.39, 0.29) is 0 Å². The number of allylic oxidation sites excluding steroid dienone is 2. The average molecular weight is 123 g/mol. The van der Waals surface area contributed by atoms with Crippen molar-refractivity contribution in [1.29, 1.82) is 0 Å². The minimum Gasteiger partial charge on any atom is -0.0808 e. The van der Waals surface area contributed by atoms with Gasteiger partial charge in [0.25, 0.3) is 0 Å². The summed E-state index contributed by atoms with van der Waals surface area (Å²) in [5.74, 6) is 0.983. The van der Waals surface area contributed by atoms with Crippen molar-refractivity contribution in [2.24, 2.45) is 5.92 Å². The van der Waals surface area contributed by atoms with Crippen LogP contribution in [0.1, 0.15) is 39.0 Å². The van der Waals surface area contributed by atoms with Gasteiger partial charge in [0.15, 0.2) is 0 Å². The smallest absolute Gasteiger partial charge is 0.0277 e. The highest BCUT2D eigenvalue weighted by molar-refractivity contribution is 4.83. The summed E-state index contributed by atoms with van der Waals surface area (Å²) in [5.41, 5.74) is 0. The van der Waals surface area contributed by atoms with E-state index in [4.69, 9.17) is 0 Å². The fourth-order valence-electron chi connectivity index (χ4n) is 1.43. The van der Waals surface area contributed by atoms with Crippen LogP contribution in [0.5, 0.6) is 0 Å². The molecule has 0 bridgehead atoms. The summed E-state index contributed by atoms with van der Waals surface area (Å²) in [6, 6.07) is 0. The maximum atomic E-state index is 3.25. The summed E-state index contributed by atoms with van der Waals surface area (Å²) < 4.78 is 0. The van der Waals surface area contributed by atoms with Crippen LogP contribution in [-0.2, 0) is 0 Å². The summed E-state index contributed by atoms with van der Waals surface area (Å²) >= 11 is 0. The zero-order valence-corrected chi connectivity index (χ0v) is 6.19. The van der Waals surface area contributed by atoms with Crippen LogP contribution in [0.4, 0.5) is 0 Å². The quantitative estimate of drug-likeness (QED) is 0.529. The molecule has 9 heavy (non-hydrogen) atoms. The molecule has 1 rings (SSSR count). The normalized spacial score (nSPS) is 26.6. The second-order valence-electron chi connectivity index (χ2n) is 2.84. The third-order valence-corrected chi connectivity index (χ3v) is 1.99. The molecule has 1 atom stereocenters. The molecule has 0 fully saturated rings. The lowest BCUT2D eigenvalue weighted by atomic mass is 9.91. The molecule has 0 nitrogen and oxygen atoms in total. The molecular weight excluding hydrogens is 108 g/mol. The van der Waals surface area contributed by atoms with Crippen LogP contribution < -0.4 is 0 Å². The first-order valence-corrected chi connectivity index (χ1v) is 3.98. The molecule has 0 heterocycles. The summed E-state index contributed by atoms with van der Waals surface area (Å²) in [7, 11) is 0. The Labute approximate surface area is 58.0 Å². The molecule has 1 unspecified atom stereocenters. The van der Waals surface area contributed by atoms with Gasteiger partial charge in [-0.3, -0.25) is 0 Å². The van der Waals surface area contributed by atoms with E-state index in [1.54, 1.807) is 0 Å². The lowest BCUT2D eigenvalue weighted by Crippen LogP contribution is -2.01. The van der Waals surface area contributed by atoms with E-state index < -0.39 is 0 Å². The van der Waals surface area contributed by atoms with Crippen molar-refractivity contribution in [2.45, 2.75) is 39.0 Å². The second-order valence-corrected chi connectivity index (χ2v) is 2.84. The zero-order valence-electron chi connectivity index (χ0n) is 6.19. The van der Waals surface area contributed by atoms with Gasteiger partial charge in [-0.15, -0.1) is 0 Å². The first-order chi connectivity index (χ1) is 4.43. The van der Waals surface area contributed by atoms with Gasteiger partial charge in [-0.05, 0) is 31.3 Å². The Hall–Kier alpha value is -0.260. The Morgan fingerprint density at radius 2 is 2.56 bits per heavy atom. The van der Waals surface area contributed by atoms with E-state index in [9.17, 15) is 0 Å². The third-order valence-electron chi connectivity index (χ3n) is 1.99. The summed E-state index contributed by atoms with van der Waals surface area (Å²) in [4.78, 5) is 0. The highest BCUT2D eigenvalue weighted by Gasteiger charge is 2.07. The van der Waals surface area contributed by atoms with Crippen LogP contribution in [0, 0.1) is 12.0 Å². The molecule has 0 aliphatic heterocycles. The molecule has 0 aromatic heterocycles. The largest absolute Gasteiger partial charge is 0.0808 e. The van der Waals surface area contributed by atoms with Crippen molar-refractivity contribution in [3.05, 3.63) is 12.2 Å². The molecule has 0 saturated carbocycles. The van der Waals surface area contributed by atoms with Gasteiger partial charge < -0.3 is 0 Å². The predicted molar refractivity (Wildman–Crippen MR) is 40.1 cm³/mol. The molecular formula is C9H15. The van der Waals surface area contributed by atoms with Gasteiger partial charge in [-0.1, -0.05) is 25.8 Å². The van der Waals surface area contributed by atoms with Crippen LogP contribution >= 0.6 is 0 Å². The van der Waals surface area contributed by atoms with E-state index in [1.165, 1.54) is 32.1 Å². The molecule has 0 amide bonds. The lowest BCUT2D eigenvalue weighted by molar-refractivity contribution is 0.436. The van der Waals surface area contributed by atoms with E-state index in [2.05, 4.69) is 19.1 Å². The van der Waals surface area contributed by atoms with Crippen molar-refractivity contribution in [3.8, 4) is 0 Å². The number of hydrogen-bond acceptors (Lipinski definition) is 0. The van der Waals surface area contributed by atoms with Gasteiger partial charge >= 0.3 is 0 Å². The van der Waals surface area contributed by atoms with Gasteiger partial charge in [-0.25, -0.2) is 0 Å². The van der Waals surface area contributed by atoms with Gasteiger partial charge in [0.2, 0.25) is 0 Å². The topological polar surface area (TPSA) is 0 Å². The predicted octanol–water partition coefficient (Wildman–Crippen LogP) is 2.95. The highest BCUT2D eigenvalue weighted by Crippen LogP contribution is 2.21.